The van der Waals surface area contributed by atoms with Gasteiger partial charge in [0.2, 0.25) is 0 Å². The van der Waals surface area contributed by atoms with E-state index in [2.05, 4.69) is 19.9 Å². The molecule has 1 saturated heterocycles. The molecular weight excluding hydrogens is 335 g/mol. The summed E-state index contributed by atoms with van der Waals surface area (Å²) in [7, 11) is 0. The van der Waals surface area contributed by atoms with Gasteiger partial charge in [0.05, 0.1) is 6.61 Å². The highest BCUT2D eigenvalue weighted by molar-refractivity contribution is 5.81. The summed E-state index contributed by atoms with van der Waals surface area (Å²) in [5, 5.41) is 0. The molecule has 0 saturated carbocycles. The fourth-order valence-electron chi connectivity index (χ4n) is 3.31. The minimum Gasteiger partial charge on any atom is -0.493 e. The molecule has 1 atom stereocenters. The van der Waals surface area contributed by atoms with Crippen LogP contribution in [0.1, 0.15) is 25.7 Å². The maximum absolute atomic E-state index is 13.0. The van der Waals surface area contributed by atoms with Gasteiger partial charge in [-0.15, -0.1) is 0 Å². The molecule has 3 heterocycles. The zero-order chi connectivity index (χ0) is 17.9. The van der Waals surface area contributed by atoms with Crippen molar-refractivity contribution in [2.24, 2.45) is 5.92 Å². The van der Waals surface area contributed by atoms with Crippen molar-refractivity contribution in [3.63, 3.8) is 0 Å². The monoisotopic (exact) mass is 356 g/mol. The third kappa shape index (κ3) is 3.47. The van der Waals surface area contributed by atoms with Crippen LogP contribution in [0.5, 0.6) is 5.75 Å². The lowest BCUT2D eigenvalue weighted by molar-refractivity contribution is 0.228. The fraction of sp³-hybridized carbons (Fsp3) is 0.421. The zero-order valence-electron chi connectivity index (χ0n) is 14.7. The molecule has 2 aromatic heterocycles. The number of hydrogen-bond acceptors (Lipinski definition) is 6. The van der Waals surface area contributed by atoms with Crippen LogP contribution in [0, 0.1) is 11.7 Å². The van der Waals surface area contributed by atoms with Crippen LogP contribution in [0.3, 0.4) is 0 Å². The standard InChI is InChI=1S/C19H21FN4O2/c1-2-16-23-17-18(21-12-22-19(17)26-16)24-9-3-4-13(10-24)11-25-15-7-5-14(20)6-8-15/h5-8,12-13H,2-4,9-11H2,1H3. The first-order valence-electron chi connectivity index (χ1n) is 8.96. The van der Waals surface area contributed by atoms with E-state index in [9.17, 15) is 4.39 Å². The topological polar surface area (TPSA) is 64.3 Å². The van der Waals surface area contributed by atoms with Crippen LogP contribution in [-0.2, 0) is 6.42 Å². The molecule has 0 amide bonds. The van der Waals surface area contributed by atoms with E-state index in [-0.39, 0.29) is 5.82 Å². The highest BCUT2D eigenvalue weighted by Crippen LogP contribution is 2.28. The second-order valence-corrected chi connectivity index (χ2v) is 6.53. The van der Waals surface area contributed by atoms with Crippen LogP contribution in [-0.4, -0.2) is 34.6 Å². The number of benzene rings is 1. The van der Waals surface area contributed by atoms with Crippen LogP contribution < -0.4 is 9.64 Å². The Bertz CT molecular complexity index is 881. The quantitative estimate of drug-likeness (QED) is 0.696. The average molecular weight is 356 g/mol. The molecule has 1 aliphatic heterocycles. The second-order valence-electron chi connectivity index (χ2n) is 6.53. The van der Waals surface area contributed by atoms with Crippen molar-refractivity contribution in [1.82, 2.24) is 15.0 Å². The van der Waals surface area contributed by atoms with Crippen LogP contribution in [0.2, 0.25) is 0 Å². The number of halogens is 1. The molecule has 1 unspecified atom stereocenters. The molecule has 3 aromatic rings. The first kappa shape index (κ1) is 16.8. The summed E-state index contributed by atoms with van der Waals surface area (Å²) in [5.74, 6) is 2.31. The number of hydrogen-bond donors (Lipinski definition) is 0. The molecule has 1 aliphatic rings. The van der Waals surface area contributed by atoms with Gasteiger partial charge in [-0.05, 0) is 37.1 Å². The predicted octanol–water partition coefficient (Wildman–Crippen LogP) is 3.61. The number of oxazole rings is 1. The lowest BCUT2D eigenvalue weighted by Crippen LogP contribution is -2.38. The largest absolute Gasteiger partial charge is 0.493 e. The Hall–Kier alpha value is -2.70. The predicted molar refractivity (Wildman–Crippen MR) is 95.8 cm³/mol. The maximum atomic E-state index is 13.0. The maximum Gasteiger partial charge on any atom is 0.252 e. The van der Waals surface area contributed by atoms with E-state index < -0.39 is 0 Å². The Labute approximate surface area is 151 Å². The first-order chi connectivity index (χ1) is 12.7. The third-order valence-electron chi connectivity index (χ3n) is 4.64. The summed E-state index contributed by atoms with van der Waals surface area (Å²) in [5.41, 5.74) is 1.26. The van der Waals surface area contributed by atoms with Gasteiger partial charge >= 0.3 is 0 Å². The van der Waals surface area contributed by atoms with Gasteiger partial charge in [0.25, 0.3) is 5.71 Å². The molecule has 6 nitrogen and oxygen atoms in total. The molecule has 1 aromatic carbocycles. The molecule has 0 radical (unpaired) electrons. The number of piperidine rings is 1. The van der Waals surface area contributed by atoms with Gasteiger partial charge in [-0.2, -0.15) is 4.98 Å². The molecule has 26 heavy (non-hydrogen) atoms. The molecule has 7 heteroatoms. The van der Waals surface area contributed by atoms with E-state index >= 15 is 0 Å². The van der Waals surface area contributed by atoms with E-state index in [0.717, 1.165) is 43.7 Å². The average Bonchev–Trinajstić information content (AvgIpc) is 3.11. The molecule has 136 valence electrons. The highest BCUT2D eigenvalue weighted by Gasteiger charge is 2.24. The van der Waals surface area contributed by atoms with E-state index in [1.807, 2.05) is 6.92 Å². The van der Waals surface area contributed by atoms with E-state index in [1.54, 1.807) is 12.1 Å². The summed E-state index contributed by atoms with van der Waals surface area (Å²) in [6.07, 6.45) is 4.40. The lowest BCUT2D eigenvalue weighted by Gasteiger charge is -2.33. The van der Waals surface area contributed by atoms with Gasteiger partial charge < -0.3 is 14.1 Å². The number of ether oxygens (including phenoxy) is 1. The van der Waals surface area contributed by atoms with Crippen molar-refractivity contribution in [2.75, 3.05) is 24.6 Å². The first-order valence-corrected chi connectivity index (χ1v) is 8.96. The Balaban J connectivity index is 1.46. The summed E-state index contributed by atoms with van der Waals surface area (Å²) in [6.45, 7) is 4.35. The Morgan fingerprint density at radius 1 is 1.27 bits per heavy atom. The Morgan fingerprint density at radius 3 is 2.92 bits per heavy atom. The van der Waals surface area contributed by atoms with Crippen LogP contribution in [0.25, 0.3) is 11.2 Å². The molecule has 0 spiro atoms. The van der Waals surface area contributed by atoms with Crippen LogP contribution >= 0.6 is 0 Å². The van der Waals surface area contributed by atoms with Gasteiger partial charge in [-0.3, -0.25) is 0 Å². The van der Waals surface area contributed by atoms with Crippen LogP contribution in [0.4, 0.5) is 10.2 Å². The highest BCUT2D eigenvalue weighted by atomic mass is 19.1. The smallest absolute Gasteiger partial charge is 0.252 e. The molecule has 4 rings (SSSR count). The van der Waals surface area contributed by atoms with Gasteiger partial charge in [0.1, 0.15) is 17.9 Å². The normalized spacial score (nSPS) is 17.6. The number of nitrogens with zero attached hydrogens (tertiary/aromatic N) is 4. The van der Waals surface area contributed by atoms with Crippen molar-refractivity contribution in [2.45, 2.75) is 26.2 Å². The number of fused-ring (bicyclic) bond motifs is 1. The third-order valence-corrected chi connectivity index (χ3v) is 4.64. The summed E-state index contributed by atoms with van der Waals surface area (Å²) >= 11 is 0. The van der Waals surface area contributed by atoms with Crippen molar-refractivity contribution in [1.29, 1.82) is 0 Å². The van der Waals surface area contributed by atoms with E-state index in [4.69, 9.17) is 9.15 Å². The number of rotatable bonds is 5. The van der Waals surface area contributed by atoms with Crippen LogP contribution in [0.15, 0.2) is 35.0 Å². The molecule has 0 bridgehead atoms. The molecule has 1 fully saturated rings. The SMILES string of the molecule is CCc1nc2c(N3CCCC(COc4ccc(F)cc4)C3)ncnc2o1. The molecular formula is C19H21FN4O2. The second kappa shape index (κ2) is 7.27. The van der Waals surface area contributed by atoms with E-state index in [0.29, 0.717) is 29.9 Å². The van der Waals surface area contributed by atoms with Crippen molar-refractivity contribution >= 4 is 17.0 Å². The number of anilines is 1. The summed E-state index contributed by atoms with van der Waals surface area (Å²) in [6, 6.07) is 6.14. The van der Waals surface area contributed by atoms with Crippen molar-refractivity contribution in [3.8, 4) is 5.75 Å². The number of aryl methyl sites for hydroxylation is 1. The van der Waals surface area contributed by atoms with Gasteiger partial charge in [-0.1, -0.05) is 6.92 Å². The molecule has 0 aliphatic carbocycles. The Morgan fingerprint density at radius 2 is 2.12 bits per heavy atom. The van der Waals surface area contributed by atoms with Crippen molar-refractivity contribution < 1.29 is 13.5 Å². The minimum absolute atomic E-state index is 0.256. The van der Waals surface area contributed by atoms with Crippen molar-refractivity contribution in [3.05, 3.63) is 42.3 Å². The molecule has 0 N–H and O–H groups in total. The zero-order valence-corrected chi connectivity index (χ0v) is 14.7. The number of aromatic nitrogens is 3. The van der Waals surface area contributed by atoms with Gasteiger partial charge in [0, 0.05) is 25.4 Å². The summed E-state index contributed by atoms with van der Waals surface area (Å²) in [4.78, 5) is 15.4. The minimum atomic E-state index is -0.256. The summed E-state index contributed by atoms with van der Waals surface area (Å²) < 4.78 is 24.5. The van der Waals surface area contributed by atoms with E-state index in [1.165, 1.54) is 18.5 Å². The van der Waals surface area contributed by atoms with Gasteiger partial charge in [-0.25, -0.2) is 14.4 Å². The van der Waals surface area contributed by atoms with Gasteiger partial charge in [0.15, 0.2) is 17.2 Å². The lowest BCUT2D eigenvalue weighted by atomic mass is 9.99. The fourth-order valence-corrected chi connectivity index (χ4v) is 3.31. The Kier molecular flexibility index (Phi) is 4.69.